The van der Waals surface area contributed by atoms with E-state index in [9.17, 15) is 0 Å². The summed E-state index contributed by atoms with van der Waals surface area (Å²) in [6.07, 6.45) is 8.09. The van der Waals surface area contributed by atoms with Crippen molar-refractivity contribution in [3.05, 3.63) is 60.1 Å². The predicted octanol–water partition coefficient (Wildman–Crippen LogP) is 4.80. The van der Waals surface area contributed by atoms with E-state index >= 15 is 0 Å². The van der Waals surface area contributed by atoms with Gasteiger partial charge in [-0.1, -0.05) is 50.6 Å². The highest BCUT2D eigenvalue weighted by atomic mass is 16.5. The summed E-state index contributed by atoms with van der Waals surface area (Å²) < 4.78 is 5.18. The summed E-state index contributed by atoms with van der Waals surface area (Å²) in [5.74, 6) is 4.63. The number of ether oxygens (including phenoxy) is 1. The highest BCUT2D eigenvalue weighted by molar-refractivity contribution is 5.48. The van der Waals surface area contributed by atoms with E-state index in [-0.39, 0.29) is 5.41 Å². The topological polar surface area (TPSA) is 9.23 Å². The van der Waals surface area contributed by atoms with Gasteiger partial charge < -0.3 is 4.74 Å². The zero-order valence-electron chi connectivity index (χ0n) is 12.7. The predicted molar refractivity (Wildman–Crippen MR) is 82.8 cm³/mol. The van der Waals surface area contributed by atoms with Crippen LogP contribution in [0.25, 0.3) is 0 Å². The molecule has 106 valence electrons. The van der Waals surface area contributed by atoms with Crippen LogP contribution in [0.2, 0.25) is 0 Å². The summed E-state index contributed by atoms with van der Waals surface area (Å²) >= 11 is 0. The Labute approximate surface area is 123 Å². The number of rotatable bonds is 3. The second-order valence-electron chi connectivity index (χ2n) is 6.54. The Kier molecular flexibility index (Phi) is 3.62. The van der Waals surface area contributed by atoms with Crippen LogP contribution in [-0.4, -0.2) is 7.11 Å². The van der Waals surface area contributed by atoms with Crippen LogP contribution < -0.4 is 0 Å². The standard InChI is InChI=1S/C19H24O/c1-19(2)17(12-13-20-3)15-10-7-11-16(15)18(19)14-8-5-4-6-9-14/h4-6,8-9,12-13,15-16H,7,10-11H2,1-3H3/b13-12-. The largest absolute Gasteiger partial charge is 0.505 e. The summed E-state index contributed by atoms with van der Waals surface area (Å²) in [6, 6.07) is 11.0. The first-order valence-corrected chi connectivity index (χ1v) is 7.65. The van der Waals surface area contributed by atoms with Crippen LogP contribution in [0.1, 0.15) is 38.7 Å². The van der Waals surface area contributed by atoms with E-state index in [1.165, 1.54) is 24.8 Å². The van der Waals surface area contributed by atoms with E-state index in [0.29, 0.717) is 5.92 Å². The van der Waals surface area contributed by atoms with Crippen molar-refractivity contribution in [2.24, 2.45) is 17.3 Å². The molecule has 0 aliphatic heterocycles. The molecule has 2 unspecified atom stereocenters. The minimum atomic E-state index is 0.145. The Morgan fingerprint density at radius 3 is 2.50 bits per heavy atom. The lowest BCUT2D eigenvalue weighted by molar-refractivity contribution is 0.333. The van der Waals surface area contributed by atoms with Gasteiger partial charge >= 0.3 is 0 Å². The average Bonchev–Trinajstić information content (AvgIpc) is 2.95. The summed E-state index contributed by atoms with van der Waals surface area (Å²) in [6.45, 7) is 4.76. The zero-order valence-corrected chi connectivity index (χ0v) is 12.7. The third-order valence-corrected chi connectivity index (χ3v) is 5.15. The Morgan fingerprint density at radius 1 is 1.10 bits per heavy atom. The van der Waals surface area contributed by atoms with Gasteiger partial charge in [-0.05, 0) is 41.7 Å². The molecule has 2 radical (unpaired) electrons. The Bertz CT molecular complexity index is 474. The Morgan fingerprint density at radius 2 is 1.80 bits per heavy atom. The normalized spacial score (nSPS) is 29.9. The Hall–Kier alpha value is -1.24. The maximum absolute atomic E-state index is 5.18. The maximum Gasteiger partial charge on any atom is 0.0790 e. The molecule has 2 aliphatic rings. The number of allylic oxidation sites excluding steroid dienone is 1. The first-order valence-electron chi connectivity index (χ1n) is 7.65. The molecule has 1 heteroatoms. The van der Waals surface area contributed by atoms with Crippen LogP contribution in [0.3, 0.4) is 0 Å². The van der Waals surface area contributed by atoms with E-state index in [4.69, 9.17) is 4.74 Å². The molecule has 2 aliphatic carbocycles. The van der Waals surface area contributed by atoms with Crippen molar-refractivity contribution in [1.82, 2.24) is 0 Å². The lowest BCUT2D eigenvalue weighted by Gasteiger charge is -2.33. The fraction of sp³-hybridized carbons (Fsp3) is 0.474. The second-order valence-corrected chi connectivity index (χ2v) is 6.54. The van der Waals surface area contributed by atoms with Crippen LogP contribution in [0, 0.1) is 29.1 Å². The molecule has 2 atom stereocenters. The minimum Gasteiger partial charge on any atom is -0.505 e. The maximum atomic E-state index is 5.18. The molecule has 0 saturated heterocycles. The first kappa shape index (κ1) is 13.7. The third kappa shape index (κ3) is 2.08. The summed E-state index contributed by atoms with van der Waals surface area (Å²) in [5.41, 5.74) is 1.57. The SMILES string of the molecule is CO/C=C\[C]1C2CCCC2[C](c2ccccc2)C1(C)C. The molecule has 0 heterocycles. The number of fused-ring (bicyclic) bond motifs is 1. The van der Waals surface area contributed by atoms with Crippen molar-refractivity contribution in [2.75, 3.05) is 7.11 Å². The fourth-order valence-electron chi connectivity index (χ4n) is 4.43. The molecule has 3 rings (SSSR count). The van der Waals surface area contributed by atoms with Crippen LogP contribution in [0.4, 0.5) is 0 Å². The molecule has 0 bridgehead atoms. The first-order chi connectivity index (χ1) is 9.66. The zero-order chi connectivity index (χ0) is 14.2. The molecule has 1 aromatic carbocycles. The van der Waals surface area contributed by atoms with Gasteiger partial charge in [0.15, 0.2) is 0 Å². The van der Waals surface area contributed by atoms with E-state index in [1.807, 2.05) is 6.26 Å². The summed E-state index contributed by atoms with van der Waals surface area (Å²) in [4.78, 5) is 0. The lowest BCUT2D eigenvalue weighted by atomic mass is 9.70. The van der Waals surface area contributed by atoms with E-state index in [0.717, 1.165) is 5.92 Å². The molecule has 0 amide bonds. The minimum absolute atomic E-state index is 0.145. The summed E-state index contributed by atoms with van der Waals surface area (Å²) in [5, 5.41) is 0. The molecule has 2 saturated carbocycles. The van der Waals surface area contributed by atoms with Crippen molar-refractivity contribution in [1.29, 1.82) is 0 Å². The number of hydrogen-bond donors (Lipinski definition) is 0. The van der Waals surface area contributed by atoms with E-state index in [2.05, 4.69) is 50.3 Å². The monoisotopic (exact) mass is 268 g/mol. The van der Waals surface area contributed by atoms with Gasteiger partial charge in [0, 0.05) is 11.8 Å². The molecule has 1 aromatic rings. The molecular weight excluding hydrogens is 244 g/mol. The number of methoxy groups -OCH3 is 1. The fourth-order valence-corrected chi connectivity index (χ4v) is 4.43. The highest BCUT2D eigenvalue weighted by Gasteiger charge is 2.56. The molecular formula is C19H24O. The van der Waals surface area contributed by atoms with Gasteiger partial charge in [0.2, 0.25) is 0 Å². The molecule has 2 fully saturated rings. The molecule has 20 heavy (non-hydrogen) atoms. The van der Waals surface area contributed by atoms with Gasteiger partial charge in [0.1, 0.15) is 0 Å². The third-order valence-electron chi connectivity index (χ3n) is 5.15. The van der Waals surface area contributed by atoms with Gasteiger partial charge in [-0.25, -0.2) is 0 Å². The van der Waals surface area contributed by atoms with Crippen molar-refractivity contribution in [2.45, 2.75) is 33.1 Å². The van der Waals surface area contributed by atoms with Crippen LogP contribution in [-0.2, 0) is 4.74 Å². The van der Waals surface area contributed by atoms with Crippen molar-refractivity contribution >= 4 is 0 Å². The van der Waals surface area contributed by atoms with Gasteiger partial charge in [0.25, 0.3) is 0 Å². The van der Waals surface area contributed by atoms with Gasteiger partial charge in [-0.3, -0.25) is 0 Å². The van der Waals surface area contributed by atoms with E-state index in [1.54, 1.807) is 18.9 Å². The highest BCUT2D eigenvalue weighted by Crippen LogP contribution is 2.64. The average molecular weight is 268 g/mol. The Balaban J connectivity index is 1.99. The molecule has 0 aromatic heterocycles. The van der Waals surface area contributed by atoms with Gasteiger partial charge in [-0.2, -0.15) is 0 Å². The van der Waals surface area contributed by atoms with Crippen molar-refractivity contribution in [3.63, 3.8) is 0 Å². The van der Waals surface area contributed by atoms with Gasteiger partial charge in [-0.15, -0.1) is 0 Å². The lowest BCUT2D eigenvalue weighted by Crippen LogP contribution is -2.25. The smallest absolute Gasteiger partial charge is 0.0790 e. The van der Waals surface area contributed by atoms with Crippen LogP contribution in [0.15, 0.2) is 42.7 Å². The molecule has 0 N–H and O–H groups in total. The van der Waals surface area contributed by atoms with Crippen LogP contribution in [0.5, 0.6) is 0 Å². The second kappa shape index (κ2) is 5.27. The molecule has 0 spiro atoms. The number of benzene rings is 1. The number of hydrogen-bond acceptors (Lipinski definition) is 1. The van der Waals surface area contributed by atoms with Crippen molar-refractivity contribution in [3.8, 4) is 0 Å². The molecule has 1 nitrogen and oxygen atoms in total. The summed E-state index contributed by atoms with van der Waals surface area (Å²) in [7, 11) is 1.73. The van der Waals surface area contributed by atoms with Crippen LogP contribution >= 0.6 is 0 Å². The van der Waals surface area contributed by atoms with Crippen molar-refractivity contribution < 1.29 is 4.74 Å². The van der Waals surface area contributed by atoms with E-state index < -0.39 is 0 Å². The van der Waals surface area contributed by atoms with Gasteiger partial charge in [0.05, 0.1) is 13.4 Å². The quantitative estimate of drug-likeness (QED) is 0.715.